The second-order valence-corrected chi connectivity index (χ2v) is 9.31. The van der Waals surface area contributed by atoms with Gasteiger partial charge in [0.05, 0.1) is 11.8 Å². The van der Waals surface area contributed by atoms with Crippen LogP contribution < -0.4 is 0 Å². The average molecular weight is 375 g/mol. The summed E-state index contributed by atoms with van der Waals surface area (Å²) >= 11 is 0. The van der Waals surface area contributed by atoms with E-state index in [0.29, 0.717) is 19.3 Å². The highest BCUT2D eigenvalue weighted by atomic mass is 16.5. The van der Waals surface area contributed by atoms with Gasteiger partial charge in [-0.1, -0.05) is 37.1 Å². The van der Waals surface area contributed by atoms with Crippen LogP contribution in [0.25, 0.3) is 0 Å². The molecule has 150 valence electrons. The minimum Gasteiger partial charge on any atom is -0.461 e. The summed E-state index contributed by atoms with van der Waals surface area (Å²) in [6, 6.07) is 0. The molecule has 2 aliphatic rings. The van der Waals surface area contributed by atoms with Crippen molar-refractivity contribution in [1.82, 2.24) is 0 Å². The fourth-order valence-corrected chi connectivity index (χ4v) is 4.82. The van der Waals surface area contributed by atoms with Crippen molar-refractivity contribution in [2.24, 2.45) is 29.1 Å². The summed E-state index contributed by atoms with van der Waals surface area (Å²) in [6.45, 7) is 13.5. The van der Waals surface area contributed by atoms with Crippen molar-refractivity contribution in [3.8, 4) is 0 Å². The molecule has 2 rings (SSSR count). The molecule has 0 aromatic rings. The lowest BCUT2D eigenvalue weighted by atomic mass is 9.50. The molecule has 2 fully saturated rings. The zero-order valence-electron chi connectivity index (χ0n) is 17.8. The Kier molecular flexibility index (Phi) is 6.49. The molecule has 0 amide bonds. The second-order valence-electron chi connectivity index (χ2n) is 9.31. The largest absolute Gasteiger partial charge is 0.461 e. The summed E-state index contributed by atoms with van der Waals surface area (Å²) in [5, 5.41) is 0. The van der Waals surface area contributed by atoms with Crippen LogP contribution in [0.3, 0.4) is 0 Å². The molecule has 0 saturated heterocycles. The van der Waals surface area contributed by atoms with E-state index in [0.717, 1.165) is 0 Å². The highest BCUT2D eigenvalue weighted by Gasteiger charge is 2.61. The molecule has 0 N–H and O–H groups in total. The third-order valence-corrected chi connectivity index (χ3v) is 6.26. The molecular weight excluding hydrogens is 340 g/mol. The molecule has 0 radical (unpaired) electrons. The number of hydrogen-bond acceptors (Lipinski definition) is 4. The SMILES string of the molecule is CC(=O)O[C@H]1C2C[C@H](CC=C(C)C)C(=O)[C@@H](C2=O)C(C)(C)[C@@H]1CC=C(C)C. The van der Waals surface area contributed by atoms with Crippen molar-refractivity contribution in [3.63, 3.8) is 0 Å². The molecule has 2 aliphatic carbocycles. The number of rotatable bonds is 5. The van der Waals surface area contributed by atoms with E-state index in [9.17, 15) is 14.4 Å². The highest BCUT2D eigenvalue weighted by molar-refractivity contribution is 6.08. The quantitative estimate of drug-likeness (QED) is 0.398. The van der Waals surface area contributed by atoms with Crippen LogP contribution >= 0.6 is 0 Å². The van der Waals surface area contributed by atoms with E-state index in [1.807, 2.05) is 41.5 Å². The van der Waals surface area contributed by atoms with E-state index >= 15 is 0 Å². The lowest BCUT2D eigenvalue weighted by molar-refractivity contribution is -0.180. The molecule has 0 aromatic heterocycles. The first kappa shape index (κ1) is 21.6. The molecule has 0 spiro atoms. The van der Waals surface area contributed by atoms with E-state index < -0.39 is 17.4 Å². The Morgan fingerprint density at radius 3 is 2.07 bits per heavy atom. The number of hydrogen-bond donors (Lipinski definition) is 0. The van der Waals surface area contributed by atoms with Gasteiger partial charge in [0.15, 0.2) is 5.78 Å². The fraction of sp³-hybridized carbons (Fsp3) is 0.696. The zero-order chi connectivity index (χ0) is 20.5. The Balaban J connectivity index is 2.46. The maximum Gasteiger partial charge on any atom is 0.302 e. The molecule has 0 aromatic carbocycles. The number of carbonyl (C=O) groups is 3. The zero-order valence-corrected chi connectivity index (χ0v) is 17.8. The van der Waals surface area contributed by atoms with Crippen LogP contribution in [-0.4, -0.2) is 23.6 Å². The summed E-state index contributed by atoms with van der Waals surface area (Å²) in [7, 11) is 0. The second kappa shape index (κ2) is 8.12. The summed E-state index contributed by atoms with van der Waals surface area (Å²) in [4.78, 5) is 38.2. The van der Waals surface area contributed by atoms with Gasteiger partial charge in [0.1, 0.15) is 11.9 Å². The maximum atomic E-state index is 13.2. The normalized spacial score (nSPS) is 31.9. The van der Waals surface area contributed by atoms with Crippen LogP contribution in [0.15, 0.2) is 23.3 Å². The van der Waals surface area contributed by atoms with Crippen molar-refractivity contribution in [1.29, 1.82) is 0 Å². The monoisotopic (exact) mass is 374 g/mol. The lowest BCUT2D eigenvalue weighted by Crippen LogP contribution is -2.62. The topological polar surface area (TPSA) is 60.4 Å². The van der Waals surface area contributed by atoms with E-state index in [1.165, 1.54) is 18.1 Å². The Labute approximate surface area is 163 Å². The number of esters is 1. The first-order valence-electron chi connectivity index (χ1n) is 9.98. The Morgan fingerprint density at radius 1 is 1.00 bits per heavy atom. The van der Waals surface area contributed by atoms with Crippen LogP contribution in [0, 0.1) is 29.1 Å². The standard InChI is InChI=1S/C23H34O4/c1-13(2)8-10-16-12-17-21(26)19(20(16)25)23(6,7)18(11-9-14(3)4)22(17)27-15(5)24/h8-9,16-19,22H,10-12H2,1-7H3/t16-,17?,18+,19-,22-/m0/s1. The summed E-state index contributed by atoms with van der Waals surface area (Å²) in [5.41, 5.74) is 1.81. The van der Waals surface area contributed by atoms with Gasteiger partial charge in [0, 0.05) is 18.8 Å². The van der Waals surface area contributed by atoms with Gasteiger partial charge in [0.25, 0.3) is 0 Å². The average Bonchev–Trinajstić information content (AvgIpc) is 2.51. The van der Waals surface area contributed by atoms with Crippen molar-refractivity contribution in [2.45, 2.75) is 73.8 Å². The fourth-order valence-electron chi connectivity index (χ4n) is 4.82. The van der Waals surface area contributed by atoms with E-state index in [1.54, 1.807) is 0 Å². The number of fused-ring (bicyclic) bond motifs is 2. The molecule has 0 heterocycles. The maximum absolute atomic E-state index is 13.2. The van der Waals surface area contributed by atoms with E-state index in [2.05, 4.69) is 12.2 Å². The molecular formula is C23H34O4. The Hall–Kier alpha value is -1.71. The molecule has 5 atom stereocenters. The van der Waals surface area contributed by atoms with Gasteiger partial charge in [-0.25, -0.2) is 0 Å². The van der Waals surface area contributed by atoms with Gasteiger partial charge in [0.2, 0.25) is 0 Å². The molecule has 2 bridgehead atoms. The van der Waals surface area contributed by atoms with Crippen LogP contribution in [0.1, 0.15) is 67.7 Å². The van der Waals surface area contributed by atoms with Gasteiger partial charge in [-0.05, 0) is 52.4 Å². The third kappa shape index (κ3) is 4.41. The number of Topliss-reactive ketones (excluding diaryl/α,β-unsaturated/α-hetero) is 2. The molecule has 0 aliphatic heterocycles. The number of carbonyl (C=O) groups excluding carboxylic acids is 3. The number of ketones is 2. The molecule has 4 heteroatoms. The number of ether oxygens (including phenoxy) is 1. The first-order chi connectivity index (χ1) is 12.5. The minimum atomic E-state index is -0.603. The molecule has 2 saturated carbocycles. The third-order valence-electron chi connectivity index (χ3n) is 6.26. The Bertz CT molecular complexity index is 674. The van der Waals surface area contributed by atoms with E-state index in [-0.39, 0.29) is 35.3 Å². The molecule has 1 unspecified atom stereocenters. The first-order valence-corrected chi connectivity index (χ1v) is 9.98. The summed E-state index contributed by atoms with van der Waals surface area (Å²) in [5.74, 6) is -1.51. The summed E-state index contributed by atoms with van der Waals surface area (Å²) < 4.78 is 5.72. The predicted molar refractivity (Wildman–Crippen MR) is 106 cm³/mol. The minimum absolute atomic E-state index is 0.0295. The summed E-state index contributed by atoms with van der Waals surface area (Å²) in [6.07, 6.45) is 5.58. The van der Waals surface area contributed by atoms with Gasteiger partial charge < -0.3 is 4.74 Å². The van der Waals surface area contributed by atoms with Crippen LogP contribution in [0.5, 0.6) is 0 Å². The van der Waals surface area contributed by atoms with Crippen molar-refractivity contribution < 1.29 is 19.1 Å². The van der Waals surface area contributed by atoms with Gasteiger partial charge in [-0.2, -0.15) is 0 Å². The highest BCUT2D eigenvalue weighted by Crippen LogP contribution is 2.54. The van der Waals surface area contributed by atoms with Gasteiger partial charge in [-0.15, -0.1) is 0 Å². The molecule has 27 heavy (non-hydrogen) atoms. The predicted octanol–water partition coefficient (Wildman–Crippen LogP) is 4.68. The van der Waals surface area contributed by atoms with E-state index in [4.69, 9.17) is 4.74 Å². The Morgan fingerprint density at radius 2 is 1.56 bits per heavy atom. The van der Waals surface area contributed by atoms with Crippen LogP contribution in [0.2, 0.25) is 0 Å². The lowest BCUT2D eigenvalue weighted by Gasteiger charge is -2.53. The smallest absolute Gasteiger partial charge is 0.302 e. The van der Waals surface area contributed by atoms with Crippen molar-refractivity contribution in [2.75, 3.05) is 0 Å². The van der Waals surface area contributed by atoms with Gasteiger partial charge >= 0.3 is 5.97 Å². The molecule has 4 nitrogen and oxygen atoms in total. The number of allylic oxidation sites excluding steroid dienone is 4. The van der Waals surface area contributed by atoms with Crippen molar-refractivity contribution >= 4 is 17.5 Å². The van der Waals surface area contributed by atoms with Crippen LogP contribution in [-0.2, 0) is 19.1 Å². The van der Waals surface area contributed by atoms with Crippen LogP contribution in [0.4, 0.5) is 0 Å². The van der Waals surface area contributed by atoms with Crippen molar-refractivity contribution in [3.05, 3.63) is 23.3 Å². The van der Waals surface area contributed by atoms with Gasteiger partial charge in [-0.3, -0.25) is 14.4 Å².